The van der Waals surface area contributed by atoms with Gasteiger partial charge < -0.3 is 9.72 Å². The third-order valence-corrected chi connectivity index (χ3v) is 3.32. The number of carbonyl (C=O) groups is 1. The summed E-state index contributed by atoms with van der Waals surface area (Å²) in [5.41, 5.74) is 1.83. The van der Waals surface area contributed by atoms with E-state index < -0.39 is 0 Å². The summed E-state index contributed by atoms with van der Waals surface area (Å²) in [6.45, 7) is 0. The molecule has 6 heteroatoms. The highest BCUT2D eigenvalue weighted by Crippen LogP contribution is 2.22. The van der Waals surface area contributed by atoms with Crippen LogP contribution in [0.15, 0.2) is 27.8 Å². The number of methoxy groups -OCH3 is 1. The minimum absolute atomic E-state index is 0.258. The van der Waals surface area contributed by atoms with Gasteiger partial charge in [-0.1, -0.05) is 27.7 Å². The number of thioether (sulfide) groups is 1. The van der Waals surface area contributed by atoms with E-state index in [0.717, 1.165) is 20.7 Å². The number of carbonyl (C=O) groups excluding carboxylic acids is 1. The number of aromatic nitrogens is 2. The Morgan fingerprint density at radius 2 is 2.44 bits per heavy atom. The minimum Gasteiger partial charge on any atom is -0.468 e. The molecule has 1 aromatic heterocycles. The Labute approximate surface area is 105 Å². The van der Waals surface area contributed by atoms with Crippen LogP contribution in [0.1, 0.15) is 0 Å². The van der Waals surface area contributed by atoms with Gasteiger partial charge in [0.25, 0.3) is 0 Å². The molecule has 0 unspecified atom stereocenters. The van der Waals surface area contributed by atoms with Crippen LogP contribution in [0.3, 0.4) is 0 Å². The molecule has 1 heterocycles. The Bertz CT molecular complexity index is 527. The monoisotopic (exact) mass is 300 g/mol. The lowest BCUT2D eigenvalue weighted by atomic mass is 10.3. The van der Waals surface area contributed by atoms with E-state index >= 15 is 0 Å². The fourth-order valence-corrected chi connectivity index (χ4v) is 2.29. The van der Waals surface area contributed by atoms with Crippen molar-refractivity contribution >= 4 is 44.7 Å². The van der Waals surface area contributed by atoms with Crippen molar-refractivity contribution < 1.29 is 9.53 Å². The summed E-state index contributed by atoms with van der Waals surface area (Å²) in [5.74, 6) is 0.00366. The van der Waals surface area contributed by atoms with Gasteiger partial charge in [0.15, 0.2) is 5.16 Å². The molecule has 2 rings (SSSR count). The number of nitrogens with one attached hydrogen (secondary N) is 1. The van der Waals surface area contributed by atoms with E-state index in [1.807, 2.05) is 18.2 Å². The smallest absolute Gasteiger partial charge is 0.316 e. The third kappa shape index (κ3) is 2.56. The fraction of sp³-hybridized carbons (Fsp3) is 0.200. The number of hydrogen-bond acceptors (Lipinski definition) is 4. The Balaban J connectivity index is 2.16. The van der Waals surface area contributed by atoms with Crippen LogP contribution in [-0.4, -0.2) is 28.8 Å². The molecule has 0 saturated carbocycles. The van der Waals surface area contributed by atoms with Crippen molar-refractivity contribution in [2.75, 3.05) is 12.9 Å². The first-order valence-corrected chi connectivity index (χ1v) is 6.32. The molecule has 0 amide bonds. The zero-order valence-corrected chi connectivity index (χ0v) is 10.9. The number of hydrogen-bond donors (Lipinski definition) is 1. The second-order valence-electron chi connectivity index (χ2n) is 3.07. The summed E-state index contributed by atoms with van der Waals surface area (Å²) in [6, 6.07) is 5.79. The molecule has 0 bridgehead atoms. The van der Waals surface area contributed by atoms with Gasteiger partial charge in [0.05, 0.1) is 23.9 Å². The summed E-state index contributed by atoms with van der Waals surface area (Å²) in [6.07, 6.45) is 0. The highest BCUT2D eigenvalue weighted by molar-refractivity contribution is 9.10. The van der Waals surface area contributed by atoms with Crippen molar-refractivity contribution in [2.45, 2.75) is 5.16 Å². The standard InChI is InChI=1S/C10H9BrN2O2S/c1-15-9(14)5-16-10-12-7-3-2-6(11)4-8(7)13-10/h2-4H,5H2,1H3,(H,12,13). The van der Waals surface area contributed by atoms with Crippen molar-refractivity contribution in [2.24, 2.45) is 0 Å². The number of benzene rings is 1. The normalized spacial score (nSPS) is 10.6. The molecule has 0 aliphatic heterocycles. The highest BCUT2D eigenvalue weighted by atomic mass is 79.9. The van der Waals surface area contributed by atoms with Gasteiger partial charge in [-0.15, -0.1) is 0 Å². The van der Waals surface area contributed by atoms with E-state index in [-0.39, 0.29) is 11.7 Å². The number of esters is 1. The van der Waals surface area contributed by atoms with Crippen LogP contribution in [0.4, 0.5) is 0 Å². The first-order chi connectivity index (χ1) is 7.69. The molecule has 0 radical (unpaired) electrons. The number of H-pyrrole nitrogens is 1. The number of aromatic amines is 1. The van der Waals surface area contributed by atoms with Gasteiger partial charge in [-0.2, -0.15) is 0 Å². The van der Waals surface area contributed by atoms with Crippen LogP contribution in [0, 0.1) is 0 Å². The van der Waals surface area contributed by atoms with Crippen molar-refractivity contribution in [3.8, 4) is 0 Å². The Morgan fingerprint density at radius 3 is 3.19 bits per heavy atom. The Kier molecular flexibility index (Phi) is 3.50. The van der Waals surface area contributed by atoms with Gasteiger partial charge >= 0.3 is 5.97 Å². The molecule has 0 saturated heterocycles. The maximum absolute atomic E-state index is 11.0. The summed E-state index contributed by atoms with van der Waals surface area (Å²) in [4.78, 5) is 18.4. The van der Waals surface area contributed by atoms with Crippen LogP contribution < -0.4 is 0 Å². The Morgan fingerprint density at radius 1 is 1.62 bits per heavy atom. The second kappa shape index (κ2) is 4.88. The largest absolute Gasteiger partial charge is 0.468 e. The molecule has 4 nitrogen and oxygen atoms in total. The minimum atomic E-state index is -0.258. The van der Waals surface area contributed by atoms with Gasteiger partial charge in [-0.3, -0.25) is 4.79 Å². The van der Waals surface area contributed by atoms with Crippen LogP contribution in [0.5, 0.6) is 0 Å². The molecule has 16 heavy (non-hydrogen) atoms. The molecule has 0 atom stereocenters. The molecule has 1 N–H and O–H groups in total. The molecule has 0 aliphatic rings. The molecule has 84 valence electrons. The number of ether oxygens (including phenoxy) is 1. The lowest BCUT2D eigenvalue weighted by molar-refractivity contribution is -0.137. The summed E-state index contributed by atoms with van der Waals surface area (Å²) >= 11 is 4.71. The van der Waals surface area contributed by atoms with Crippen molar-refractivity contribution in [1.82, 2.24) is 9.97 Å². The predicted molar refractivity (Wildman–Crippen MR) is 66.5 cm³/mol. The van der Waals surface area contributed by atoms with Crippen LogP contribution in [0.25, 0.3) is 11.0 Å². The van der Waals surface area contributed by atoms with Crippen molar-refractivity contribution in [3.63, 3.8) is 0 Å². The average molecular weight is 301 g/mol. The zero-order valence-electron chi connectivity index (χ0n) is 8.49. The van der Waals surface area contributed by atoms with Crippen molar-refractivity contribution in [3.05, 3.63) is 22.7 Å². The van der Waals surface area contributed by atoms with E-state index in [4.69, 9.17) is 0 Å². The second-order valence-corrected chi connectivity index (χ2v) is 4.95. The van der Waals surface area contributed by atoms with Crippen LogP contribution in [0.2, 0.25) is 0 Å². The zero-order chi connectivity index (χ0) is 11.5. The molecule has 2 aromatic rings. The topological polar surface area (TPSA) is 55.0 Å². The highest BCUT2D eigenvalue weighted by Gasteiger charge is 2.06. The fourth-order valence-electron chi connectivity index (χ4n) is 1.21. The van der Waals surface area contributed by atoms with Crippen molar-refractivity contribution in [1.29, 1.82) is 0 Å². The Hall–Kier alpha value is -1.01. The van der Waals surface area contributed by atoms with E-state index in [1.54, 1.807) is 0 Å². The van der Waals surface area contributed by atoms with Gasteiger partial charge in [-0.05, 0) is 18.2 Å². The first-order valence-electron chi connectivity index (χ1n) is 4.54. The SMILES string of the molecule is COC(=O)CSc1nc2ccc(Br)cc2[nH]1. The van der Waals surface area contributed by atoms with E-state index in [0.29, 0.717) is 0 Å². The van der Waals surface area contributed by atoms with Crippen LogP contribution in [-0.2, 0) is 9.53 Å². The molecular weight excluding hydrogens is 292 g/mol. The predicted octanol–water partition coefficient (Wildman–Crippen LogP) is 2.59. The average Bonchev–Trinajstić information content (AvgIpc) is 2.67. The number of nitrogens with zero attached hydrogens (tertiary/aromatic N) is 1. The van der Waals surface area contributed by atoms with E-state index in [1.165, 1.54) is 18.9 Å². The quantitative estimate of drug-likeness (QED) is 0.699. The molecule has 0 aliphatic carbocycles. The number of imidazole rings is 1. The lowest BCUT2D eigenvalue weighted by Crippen LogP contribution is -2.02. The number of fused-ring (bicyclic) bond motifs is 1. The number of halogens is 1. The van der Waals surface area contributed by atoms with Crippen LogP contribution >= 0.6 is 27.7 Å². The summed E-state index contributed by atoms with van der Waals surface area (Å²) < 4.78 is 5.55. The molecular formula is C10H9BrN2O2S. The van der Waals surface area contributed by atoms with Gasteiger partial charge in [-0.25, -0.2) is 4.98 Å². The summed E-state index contributed by atoms with van der Waals surface area (Å²) in [5, 5.41) is 0.721. The molecule has 1 aromatic carbocycles. The van der Waals surface area contributed by atoms with E-state index in [9.17, 15) is 4.79 Å². The third-order valence-electron chi connectivity index (χ3n) is 1.98. The molecule has 0 fully saturated rings. The maximum Gasteiger partial charge on any atom is 0.316 e. The number of rotatable bonds is 3. The maximum atomic E-state index is 11.0. The first kappa shape index (κ1) is 11.5. The van der Waals surface area contributed by atoms with Gasteiger partial charge in [0.1, 0.15) is 0 Å². The lowest BCUT2D eigenvalue weighted by Gasteiger charge is -1.95. The van der Waals surface area contributed by atoms with Gasteiger partial charge in [0, 0.05) is 4.47 Å². The summed E-state index contributed by atoms with van der Waals surface area (Å²) in [7, 11) is 1.37. The van der Waals surface area contributed by atoms with Gasteiger partial charge in [0.2, 0.25) is 0 Å². The van der Waals surface area contributed by atoms with E-state index in [2.05, 4.69) is 30.6 Å². The molecule has 0 spiro atoms.